The van der Waals surface area contributed by atoms with E-state index in [1.165, 1.54) is 122 Å². The van der Waals surface area contributed by atoms with Crippen LogP contribution in [0.25, 0.3) is 0 Å². The maximum absolute atomic E-state index is 12.3. The minimum absolute atomic E-state index is 0.0351. The van der Waals surface area contributed by atoms with Crippen molar-refractivity contribution in [1.29, 1.82) is 0 Å². The fourth-order valence-electron chi connectivity index (χ4n) is 6.63. The molecule has 1 amide bonds. The Morgan fingerprint density at radius 2 is 0.940 bits per heavy atom. The minimum Gasteiger partial charge on any atom is -0.466 e. The molecular weight excluding hydrogens is 622 g/mol. The van der Waals surface area contributed by atoms with E-state index in [-0.39, 0.29) is 18.5 Å². The molecule has 0 aromatic heterocycles. The van der Waals surface area contributed by atoms with E-state index < -0.39 is 12.1 Å². The first-order valence-corrected chi connectivity index (χ1v) is 21.9. The van der Waals surface area contributed by atoms with Crippen LogP contribution >= 0.6 is 0 Å². The van der Waals surface area contributed by atoms with Crippen molar-refractivity contribution in [2.45, 2.75) is 244 Å². The fraction of sp³-hybridized carbons (Fsp3) is 0.909. The van der Waals surface area contributed by atoms with Gasteiger partial charge in [-0.15, -0.1) is 0 Å². The molecule has 0 aromatic carbocycles. The van der Waals surface area contributed by atoms with E-state index in [0.29, 0.717) is 25.9 Å². The second kappa shape index (κ2) is 40.4. The number of esters is 1. The van der Waals surface area contributed by atoms with Crippen LogP contribution in [0, 0.1) is 0 Å². The Balaban J connectivity index is 3.51. The standard InChI is InChI=1S/C44H85NO5/c1-3-5-7-9-11-13-14-15-16-17-22-26-30-34-38-44(49)50-39-35-31-27-23-19-18-21-25-29-33-37-43(48)45-41(40-46)42(47)36-32-28-24-20-12-10-8-6-4-2/h19,23,41-42,46-47H,3-18,20-22,24-40H2,1-2H3,(H,45,48)/b23-19-. The summed E-state index contributed by atoms with van der Waals surface area (Å²) in [4.78, 5) is 24.3. The molecule has 6 nitrogen and oxygen atoms in total. The average molecular weight is 708 g/mol. The molecule has 0 spiro atoms. The lowest BCUT2D eigenvalue weighted by Gasteiger charge is -2.22. The van der Waals surface area contributed by atoms with Crippen LogP contribution in [-0.2, 0) is 14.3 Å². The third-order valence-electron chi connectivity index (χ3n) is 10.1. The number of hydrogen-bond donors (Lipinski definition) is 3. The molecular formula is C44H85NO5. The third kappa shape index (κ3) is 36.4. The van der Waals surface area contributed by atoms with Gasteiger partial charge in [-0.3, -0.25) is 9.59 Å². The number of carbonyl (C=O) groups is 2. The van der Waals surface area contributed by atoms with Crippen molar-refractivity contribution in [1.82, 2.24) is 5.32 Å². The van der Waals surface area contributed by atoms with Crippen LogP contribution in [0.2, 0.25) is 0 Å². The molecule has 2 atom stereocenters. The zero-order valence-corrected chi connectivity index (χ0v) is 33.4. The number of allylic oxidation sites excluding steroid dienone is 2. The highest BCUT2D eigenvalue weighted by molar-refractivity contribution is 5.76. The second-order valence-electron chi connectivity index (χ2n) is 15.0. The molecule has 0 radical (unpaired) electrons. The molecule has 0 aliphatic heterocycles. The van der Waals surface area contributed by atoms with E-state index in [1.54, 1.807) is 0 Å². The number of rotatable bonds is 40. The number of unbranched alkanes of at least 4 members (excludes halogenated alkanes) is 27. The van der Waals surface area contributed by atoms with Crippen molar-refractivity contribution in [3.8, 4) is 0 Å². The Kier molecular flexibility index (Phi) is 39.2. The van der Waals surface area contributed by atoms with E-state index in [1.807, 2.05) is 0 Å². The SMILES string of the molecule is CCCCCCCCCCCCCCCCC(=O)OCCCC/C=C\CCCCCCC(=O)NC(CO)C(O)CCCCCCCCCCC. The monoisotopic (exact) mass is 708 g/mol. The minimum atomic E-state index is -0.682. The van der Waals surface area contributed by atoms with E-state index in [4.69, 9.17) is 4.74 Å². The molecule has 0 saturated carbocycles. The van der Waals surface area contributed by atoms with Crippen LogP contribution in [0.5, 0.6) is 0 Å². The number of hydrogen-bond acceptors (Lipinski definition) is 5. The smallest absolute Gasteiger partial charge is 0.305 e. The third-order valence-corrected chi connectivity index (χ3v) is 10.1. The van der Waals surface area contributed by atoms with E-state index >= 15 is 0 Å². The highest BCUT2D eigenvalue weighted by atomic mass is 16.5. The lowest BCUT2D eigenvalue weighted by Crippen LogP contribution is -2.45. The van der Waals surface area contributed by atoms with Crippen LogP contribution in [0.3, 0.4) is 0 Å². The van der Waals surface area contributed by atoms with Gasteiger partial charge >= 0.3 is 5.97 Å². The molecule has 0 fully saturated rings. The maximum atomic E-state index is 12.3. The van der Waals surface area contributed by atoms with Gasteiger partial charge in [0.05, 0.1) is 25.4 Å². The predicted molar refractivity (Wildman–Crippen MR) is 213 cm³/mol. The summed E-state index contributed by atoms with van der Waals surface area (Å²) < 4.78 is 5.42. The van der Waals surface area contributed by atoms with Gasteiger partial charge in [0, 0.05) is 12.8 Å². The van der Waals surface area contributed by atoms with Crippen LogP contribution in [0.1, 0.15) is 232 Å². The summed E-state index contributed by atoms with van der Waals surface area (Å²) in [7, 11) is 0. The Labute approximate surface area is 310 Å². The summed E-state index contributed by atoms with van der Waals surface area (Å²) in [6.07, 6.45) is 43.1. The quantitative estimate of drug-likeness (QED) is 0.0335. The number of aliphatic hydroxyl groups is 2. The van der Waals surface area contributed by atoms with Crippen molar-refractivity contribution in [2.24, 2.45) is 0 Å². The summed E-state index contributed by atoms with van der Waals surface area (Å²) in [5.41, 5.74) is 0. The Bertz CT molecular complexity index is 742. The number of carbonyl (C=O) groups excluding carboxylic acids is 2. The highest BCUT2D eigenvalue weighted by Gasteiger charge is 2.20. The van der Waals surface area contributed by atoms with E-state index in [9.17, 15) is 19.8 Å². The van der Waals surface area contributed by atoms with Gasteiger partial charge in [0.2, 0.25) is 5.91 Å². The van der Waals surface area contributed by atoms with Crippen molar-refractivity contribution >= 4 is 11.9 Å². The van der Waals surface area contributed by atoms with Crippen molar-refractivity contribution in [3.63, 3.8) is 0 Å². The molecule has 0 rings (SSSR count). The Hall–Kier alpha value is -1.40. The second-order valence-corrected chi connectivity index (χ2v) is 15.0. The van der Waals surface area contributed by atoms with Crippen LogP contribution in [-0.4, -0.2) is 47.4 Å². The summed E-state index contributed by atoms with van der Waals surface area (Å²) in [6, 6.07) is -0.562. The molecule has 0 saturated heterocycles. The van der Waals surface area contributed by atoms with Crippen molar-refractivity contribution < 1.29 is 24.5 Å². The first-order chi connectivity index (χ1) is 24.5. The van der Waals surface area contributed by atoms with Crippen LogP contribution < -0.4 is 5.32 Å². The van der Waals surface area contributed by atoms with Gasteiger partial charge in [-0.05, 0) is 51.4 Å². The first-order valence-electron chi connectivity index (χ1n) is 21.9. The number of aliphatic hydroxyl groups excluding tert-OH is 2. The molecule has 0 aliphatic carbocycles. The molecule has 0 aromatic rings. The van der Waals surface area contributed by atoms with Gasteiger partial charge in [-0.2, -0.15) is 0 Å². The molecule has 0 bridgehead atoms. The fourth-order valence-corrected chi connectivity index (χ4v) is 6.63. The zero-order chi connectivity index (χ0) is 36.6. The molecule has 2 unspecified atom stereocenters. The Morgan fingerprint density at radius 1 is 0.540 bits per heavy atom. The predicted octanol–water partition coefficient (Wildman–Crippen LogP) is 12.2. The molecule has 3 N–H and O–H groups in total. The number of ether oxygens (including phenoxy) is 1. The molecule has 6 heteroatoms. The topological polar surface area (TPSA) is 95.9 Å². The normalized spacial score (nSPS) is 12.8. The number of nitrogens with one attached hydrogen (secondary N) is 1. The van der Waals surface area contributed by atoms with Gasteiger partial charge in [-0.25, -0.2) is 0 Å². The number of amides is 1. The van der Waals surface area contributed by atoms with E-state index in [2.05, 4.69) is 31.3 Å². The maximum Gasteiger partial charge on any atom is 0.305 e. The van der Waals surface area contributed by atoms with Gasteiger partial charge in [0.1, 0.15) is 0 Å². The van der Waals surface area contributed by atoms with Crippen LogP contribution in [0.4, 0.5) is 0 Å². The zero-order valence-electron chi connectivity index (χ0n) is 33.4. The van der Waals surface area contributed by atoms with Crippen LogP contribution in [0.15, 0.2) is 12.2 Å². The Morgan fingerprint density at radius 3 is 1.42 bits per heavy atom. The van der Waals surface area contributed by atoms with Gasteiger partial charge in [-0.1, -0.05) is 180 Å². The summed E-state index contributed by atoms with van der Waals surface area (Å²) in [6.45, 7) is 4.83. The highest BCUT2D eigenvalue weighted by Crippen LogP contribution is 2.15. The van der Waals surface area contributed by atoms with Crippen molar-refractivity contribution in [2.75, 3.05) is 13.2 Å². The van der Waals surface area contributed by atoms with Gasteiger partial charge < -0.3 is 20.3 Å². The largest absolute Gasteiger partial charge is 0.466 e. The molecule has 0 heterocycles. The summed E-state index contributed by atoms with van der Waals surface area (Å²) >= 11 is 0. The molecule has 0 aliphatic rings. The van der Waals surface area contributed by atoms with E-state index in [0.717, 1.165) is 77.0 Å². The van der Waals surface area contributed by atoms with Gasteiger partial charge in [0.25, 0.3) is 0 Å². The lowest BCUT2D eigenvalue weighted by molar-refractivity contribution is -0.143. The molecule has 296 valence electrons. The average Bonchev–Trinajstić information content (AvgIpc) is 3.11. The lowest BCUT2D eigenvalue weighted by atomic mass is 10.0. The van der Waals surface area contributed by atoms with Crippen molar-refractivity contribution in [3.05, 3.63) is 12.2 Å². The summed E-state index contributed by atoms with van der Waals surface area (Å²) in [5, 5.41) is 23.0. The summed E-state index contributed by atoms with van der Waals surface area (Å²) in [5.74, 6) is -0.109. The molecule has 50 heavy (non-hydrogen) atoms. The van der Waals surface area contributed by atoms with Gasteiger partial charge in [0.15, 0.2) is 0 Å². The first kappa shape index (κ1) is 48.6.